The maximum atomic E-state index is 11.8. The van der Waals surface area contributed by atoms with Gasteiger partial charge in [-0.05, 0) is 32.1 Å². The molecule has 3 heteroatoms. The lowest BCUT2D eigenvalue weighted by atomic mass is 10.1. The Labute approximate surface area is 79.0 Å². The zero-order chi connectivity index (χ0) is 9.10. The van der Waals surface area contributed by atoms with E-state index in [4.69, 9.17) is 4.74 Å². The van der Waals surface area contributed by atoms with E-state index in [1.54, 1.807) is 0 Å². The van der Waals surface area contributed by atoms with Gasteiger partial charge in [0.15, 0.2) is 0 Å². The fourth-order valence-corrected chi connectivity index (χ4v) is 2.08. The zero-order valence-corrected chi connectivity index (χ0v) is 8.00. The van der Waals surface area contributed by atoms with Crippen LogP contribution in [0.15, 0.2) is 0 Å². The van der Waals surface area contributed by atoms with E-state index in [1.807, 2.05) is 4.90 Å². The first kappa shape index (κ1) is 9.00. The van der Waals surface area contributed by atoms with Crippen molar-refractivity contribution in [1.29, 1.82) is 0 Å². The topological polar surface area (TPSA) is 29.5 Å². The van der Waals surface area contributed by atoms with Crippen LogP contribution in [0.2, 0.25) is 0 Å². The summed E-state index contributed by atoms with van der Waals surface area (Å²) in [5.74, 6) is 0.234. The van der Waals surface area contributed by atoms with Crippen LogP contribution in [0.3, 0.4) is 0 Å². The van der Waals surface area contributed by atoms with Crippen LogP contribution < -0.4 is 0 Å². The van der Waals surface area contributed by atoms with E-state index in [1.165, 1.54) is 12.8 Å². The predicted octanol–water partition coefficient (Wildman–Crippen LogP) is 1.18. The molecule has 0 aromatic carbocycles. The molecule has 0 aliphatic carbocycles. The summed E-state index contributed by atoms with van der Waals surface area (Å²) >= 11 is 0. The molecule has 2 rings (SSSR count). The van der Waals surface area contributed by atoms with Gasteiger partial charge < -0.3 is 9.64 Å². The molecule has 0 radical (unpaired) electrons. The quantitative estimate of drug-likeness (QED) is 0.611. The lowest BCUT2D eigenvalue weighted by Gasteiger charge is -2.26. The Hall–Kier alpha value is -0.570. The standard InChI is InChI=1S/C10H17NO2/c12-10(11-6-2-3-7-11)9-5-1-4-8-13-9/h9H,1-8H2/t9-/m1/s1. The van der Waals surface area contributed by atoms with Crippen molar-refractivity contribution in [2.45, 2.75) is 38.2 Å². The summed E-state index contributed by atoms with van der Waals surface area (Å²) < 4.78 is 5.46. The van der Waals surface area contributed by atoms with Gasteiger partial charge in [0.05, 0.1) is 0 Å². The van der Waals surface area contributed by atoms with E-state index < -0.39 is 0 Å². The second kappa shape index (κ2) is 4.09. The molecule has 0 bridgehead atoms. The van der Waals surface area contributed by atoms with Crippen LogP contribution in [0.1, 0.15) is 32.1 Å². The van der Waals surface area contributed by atoms with Gasteiger partial charge in [-0.1, -0.05) is 0 Å². The van der Waals surface area contributed by atoms with Crippen molar-refractivity contribution < 1.29 is 9.53 Å². The Balaban J connectivity index is 1.87. The Morgan fingerprint density at radius 1 is 1.15 bits per heavy atom. The molecule has 0 unspecified atom stereocenters. The van der Waals surface area contributed by atoms with Crippen molar-refractivity contribution in [3.63, 3.8) is 0 Å². The number of likely N-dealkylation sites (tertiary alicyclic amines) is 1. The molecule has 0 spiro atoms. The molecule has 2 aliphatic rings. The average Bonchev–Trinajstić information content (AvgIpc) is 2.71. The summed E-state index contributed by atoms with van der Waals surface area (Å²) in [4.78, 5) is 13.8. The zero-order valence-electron chi connectivity index (χ0n) is 8.00. The summed E-state index contributed by atoms with van der Waals surface area (Å²) in [6.07, 6.45) is 5.40. The largest absolute Gasteiger partial charge is 0.368 e. The number of amides is 1. The van der Waals surface area contributed by atoms with E-state index in [0.29, 0.717) is 0 Å². The summed E-state index contributed by atoms with van der Waals surface area (Å²) in [6, 6.07) is 0. The molecule has 0 N–H and O–H groups in total. The van der Waals surface area contributed by atoms with E-state index in [-0.39, 0.29) is 12.0 Å². The van der Waals surface area contributed by atoms with Gasteiger partial charge in [-0.15, -0.1) is 0 Å². The lowest BCUT2D eigenvalue weighted by Crippen LogP contribution is -2.40. The van der Waals surface area contributed by atoms with Crippen molar-refractivity contribution in [2.24, 2.45) is 0 Å². The molecule has 2 aliphatic heterocycles. The summed E-state index contributed by atoms with van der Waals surface area (Å²) in [7, 11) is 0. The van der Waals surface area contributed by atoms with E-state index in [9.17, 15) is 4.79 Å². The van der Waals surface area contributed by atoms with Gasteiger partial charge in [0.2, 0.25) is 0 Å². The van der Waals surface area contributed by atoms with Crippen molar-refractivity contribution in [2.75, 3.05) is 19.7 Å². The van der Waals surface area contributed by atoms with E-state index in [2.05, 4.69) is 0 Å². The summed E-state index contributed by atoms with van der Waals surface area (Å²) in [5.41, 5.74) is 0. The molecule has 0 aromatic rings. The predicted molar refractivity (Wildman–Crippen MR) is 49.4 cm³/mol. The molecule has 2 fully saturated rings. The fourth-order valence-electron chi connectivity index (χ4n) is 2.08. The molecule has 0 aromatic heterocycles. The van der Waals surface area contributed by atoms with Crippen LogP contribution in [0.25, 0.3) is 0 Å². The average molecular weight is 183 g/mol. The highest BCUT2D eigenvalue weighted by atomic mass is 16.5. The van der Waals surface area contributed by atoms with Crippen molar-refractivity contribution in [3.8, 4) is 0 Å². The smallest absolute Gasteiger partial charge is 0.251 e. The summed E-state index contributed by atoms with van der Waals surface area (Å²) in [5, 5.41) is 0. The van der Waals surface area contributed by atoms with Crippen LogP contribution in [0.4, 0.5) is 0 Å². The van der Waals surface area contributed by atoms with Gasteiger partial charge in [-0.3, -0.25) is 4.79 Å². The SMILES string of the molecule is O=C([C@H]1CCCCO1)N1CCCC1. The van der Waals surface area contributed by atoms with Gasteiger partial charge in [-0.2, -0.15) is 0 Å². The van der Waals surface area contributed by atoms with Gasteiger partial charge in [0, 0.05) is 19.7 Å². The first-order valence-electron chi connectivity index (χ1n) is 5.28. The number of hydrogen-bond donors (Lipinski definition) is 0. The number of carbonyl (C=O) groups excluding carboxylic acids is 1. The first-order chi connectivity index (χ1) is 6.38. The summed E-state index contributed by atoms with van der Waals surface area (Å²) in [6.45, 7) is 2.65. The van der Waals surface area contributed by atoms with Crippen molar-refractivity contribution in [3.05, 3.63) is 0 Å². The van der Waals surface area contributed by atoms with Crippen LogP contribution in [0.5, 0.6) is 0 Å². The Morgan fingerprint density at radius 2 is 1.92 bits per heavy atom. The third kappa shape index (κ3) is 2.02. The van der Waals surface area contributed by atoms with Crippen molar-refractivity contribution in [1.82, 2.24) is 4.90 Å². The maximum Gasteiger partial charge on any atom is 0.251 e. The number of carbonyl (C=O) groups is 1. The van der Waals surface area contributed by atoms with E-state index in [0.717, 1.165) is 39.0 Å². The maximum absolute atomic E-state index is 11.8. The number of nitrogens with zero attached hydrogens (tertiary/aromatic N) is 1. The molecule has 1 atom stereocenters. The number of hydrogen-bond acceptors (Lipinski definition) is 2. The number of rotatable bonds is 1. The second-order valence-electron chi connectivity index (χ2n) is 3.89. The van der Waals surface area contributed by atoms with Crippen molar-refractivity contribution >= 4 is 5.91 Å². The Bertz CT molecular complexity index is 181. The highest BCUT2D eigenvalue weighted by Crippen LogP contribution is 2.17. The fraction of sp³-hybridized carbons (Fsp3) is 0.900. The molecular formula is C10H17NO2. The number of ether oxygens (including phenoxy) is 1. The second-order valence-corrected chi connectivity index (χ2v) is 3.89. The van der Waals surface area contributed by atoms with E-state index >= 15 is 0 Å². The van der Waals surface area contributed by atoms with Gasteiger partial charge in [0.1, 0.15) is 6.10 Å². The minimum atomic E-state index is -0.119. The molecule has 2 saturated heterocycles. The highest BCUT2D eigenvalue weighted by molar-refractivity contribution is 5.81. The van der Waals surface area contributed by atoms with Crippen LogP contribution in [-0.4, -0.2) is 36.6 Å². The molecule has 1 amide bonds. The normalized spacial score (nSPS) is 29.2. The van der Waals surface area contributed by atoms with Gasteiger partial charge in [-0.25, -0.2) is 0 Å². The molecule has 3 nitrogen and oxygen atoms in total. The van der Waals surface area contributed by atoms with Gasteiger partial charge in [0.25, 0.3) is 5.91 Å². The molecule has 2 heterocycles. The lowest BCUT2D eigenvalue weighted by molar-refractivity contribution is -0.145. The van der Waals surface area contributed by atoms with Crippen LogP contribution >= 0.6 is 0 Å². The minimum absolute atomic E-state index is 0.119. The highest BCUT2D eigenvalue weighted by Gasteiger charge is 2.28. The van der Waals surface area contributed by atoms with Crippen LogP contribution in [0, 0.1) is 0 Å². The molecule has 0 saturated carbocycles. The monoisotopic (exact) mass is 183 g/mol. The third-order valence-electron chi connectivity index (χ3n) is 2.87. The third-order valence-corrected chi connectivity index (χ3v) is 2.87. The molecule has 74 valence electrons. The minimum Gasteiger partial charge on any atom is -0.368 e. The molecule has 13 heavy (non-hydrogen) atoms. The molecular weight excluding hydrogens is 166 g/mol. The van der Waals surface area contributed by atoms with Gasteiger partial charge >= 0.3 is 0 Å². The Morgan fingerprint density at radius 3 is 2.54 bits per heavy atom. The Kier molecular flexibility index (Phi) is 2.83. The first-order valence-corrected chi connectivity index (χ1v) is 5.28. The van der Waals surface area contributed by atoms with Crippen LogP contribution in [-0.2, 0) is 9.53 Å².